The molecule has 0 radical (unpaired) electrons. The van der Waals surface area contributed by atoms with Gasteiger partial charge in [0.25, 0.3) is 0 Å². The average molecular weight is 275 g/mol. The van der Waals surface area contributed by atoms with Gasteiger partial charge in [0.15, 0.2) is 0 Å². The van der Waals surface area contributed by atoms with E-state index in [2.05, 4.69) is 47.6 Å². The van der Waals surface area contributed by atoms with Crippen LogP contribution < -0.4 is 5.32 Å². The van der Waals surface area contributed by atoms with Crippen molar-refractivity contribution in [3.8, 4) is 0 Å². The zero-order chi connectivity index (χ0) is 13.1. The summed E-state index contributed by atoms with van der Waals surface area (Å²) in [5, 5.41) is 3.88. The fourth-order valence-electron chi connectivity index (χ4n) is 3.73. The number of hydrogen-bond donors (Lipinski definition) is 1. The van der Waals surface area contributed by atoms with Crippen molar-refractivity contribution in [3.05, 3.63) is 35.4 Å². The Morgan fingerprint density at radius 1 is 1.21 bits per heavy atom. The minimum absolute atomic E-state index is 0.510. The van der Waals surface area contributed by atoms with Gasteiger partial charge in [0.2, 0.25) is 0 Å². The highest BCUT2D eigenvalue weighted by Gasteiger charge is 2.32. The third kappa shape index (κ3) is 2.85. The first kappa shape index (κ1) is 13.5. The van der Waals surface area contributed by atoms with Gasteiger partial charge in [-0.15, -0.1) is 0 Å². The van der Waals surface area contributed by atoms with E-state index in [-0.39, 0.29) is 0 Å². The molecule has 0 bridgehead atoms. The van der Waals surface area contributed by atoms with E-state index in [1.165, 1.54) is 51.5 Å². The number of nitrogens with one attached hydrogen (secondary N) is 1. The summed E-state index contributed by atoms with van der Waals surface area (Å²) in [6.45, 7) is 1.19. The number of rotatable bonds is 4. The predicted octanol–water partition coefficient (Wildman–Crippen LogP) is 4.33. The van der Waals surface area contributed by atoms with Crippen molar-refractivity contribution in [3.63, 3.8) is 0 Å². The lowest BCUT2D eigenvalue weighted by atomic mass is 9.88. The summed E-state index contributed by atoms with van der Waals surface area (Å²) >= 11 is 2.10. The van der Waals surface area contributed by atoms with Crippen molar-refractivity contribution in [1.29, 1.82) is 0 Å². The molecule has 1 saturated carbocycles. The molecule has 1 N–H and O–H groups in total. The van der Waals surface area contributed by atoms with Crippen molar-refractivity contribution in [2.24, 2.45) is 0 Å². The smallest absolute Gasteiger partial charge is 0.0326 e. The highest BCUT2D eigenvalue weighted by Crippen LogP contribution is 2.39. The molecule has 0 spiro atoms. The molecule has 0 aliphatic heterocycles. The maximum absolute atomic E-state index is 3.88. The molecule has 2 aliphatic carbocycles. The fourth-order valence-corrected chi connectivity index (χ4v) is 4.65. The Balaban J connectivity index is 1.63. The Morgan fingerprint density at radius 2 is 2.00 bits per heavy atom. The molecule has 1 aromatic rings. The van der Waals surface area contributed by atoms with Crippen LogP contribution in [-0.2, 0) is 6.42 Å². The second-order valence-electron chi connectivity index (χ2n) is 6.12. The first-order chi connectivity index (χ1) is 9.33. The van der Waals surface area contributed by atoms with Gasteiger partial charge in [0, 0.05) is 17.3 Å². The summed E-state index contributed by atoms with van der Waals surface area (Å²) in [7, 11) is 0. The summed E-state index contributed by atoms with van der Waals surface area (Å²) in [5.41, 5.74) is 3.11. The molecule has 1 unspecified atom stereocenters. The molecule has 1 nitrogen and oxygen atoms in total. The normalized spacial score (nSPS) is 25.2. The third-order valence-electron chi connectivity index (χ3n) is 5.00. The van der Waals surface area contributed by atoms with Gasteiger partial charge in [0.1, 0.15) is 0 Å². The van der Waals surface area contributed by atoms with Gasteiger partial charge in [-0.05, 0) is 43.1 Å². The lowest BCUT2D eigenvalue weighted by Gasteiger charge is -2.37. The van der Waals surface area contributed by atoms with Gasteiger partial charge in [0.05, 0.1) is 0 Å². The zero-order valence-electron chi connectivity index (χ0n) is 12.0. The molecule has 0 heterocycles. The van der Waals surface area contributed by atoms with E-state index in [0.717, 1.165) is 0 Å². The molecule has 0 aromatic heterocycles. The van der Waals surface area contributed by atoms with Crippen molar-refractivity contribution < 1.29 is 0 Å². The van der Waals surface area contributed by atoms with Crippen LogP contribution in [0.5, 0.6) is 0 Å². The number of hydrogen-bond acceptors (Lipinski definition) is 2. The van der Waals surface area contributed by atoms with Crippen LogP contribution in [0.25, 0.3) is 0 Å². The van der Waals surface area contributed by atoms with Crippen LogP contribution in [0.4, 0.5) is 0 Å². The molecule has 3 rings (SSSR count). The highest BCUT2D eigenvalue weighted by atomic mass is 32.2. The molecular weight excluding hydrogens is 250 g/mol. The van der Waals surface area contributed by atoms with Crippen molar-refractivity contribution in [2.75, 3.05) is 12.8 Å². The molecule has 1 atom stereocenters. The zero-order valence-corrected chi connectivity index (χ0v) is 12.8. The largest absolute Gasteiger partial charge is 0.309 e. The minimum Gasteiger partial charge on any atom is -0.309 e. The fraction of sp³-hybridized carbons (Fsp3) is 0.647. The van der Waals surface area contributed by atoms with Crippen LogP contribution in [0.15, 0.2) is 24.3 Å². The van der Waals surface area contributed by atoms with Gasteiger partial charge in [-0.2, -0.15) is 11.8 Å². The monoisotopic (exact) mass is 275 g/mol. The number of fused-ring (bicyclic) bond motifs is 1. The summed E-state index contributed by atoms with van der Waals surface area (Å²) < 4.78 is 0.510. The van der Waals surface area contributed by atoms with Crippen molar-refractivity contribution in [2.45, 2.75) is 55.7 Å². The molecule has 104 valence electrons. The van der Waals surface area contributed by atoms with Crippen LogP contribution in [-0.4, -0.2) is 17.5 Å². The van der Waals surface area contributed by atoms with Crippen LogP contribution in [0.3, 0.4) is 0 Å². The van der Waals surface area contributed by atoms with E-state index in [0.29, 0.717) is 10.8 Å². The lowest BCUT2D eigenvalue weighted by molar-refractivity contribution is 0.362. The Morgan fingerprint density at radius 3 is 2.79 bits per heavy atom. The van der Waals surface area contributed by atoms with Gasteiger partial charge in [-0.25, -0.2) is 0 Å². The molecular formula is C17H25NS. The quantitative estimate of drug-likeness (QED) is 0.878. The molecule has 1 fully saturated rings. The number of aryl methyl sites for hydroxylation is 1. The third-order valence-corrected chi connectivity index (χ3v) is 6.42. The van der Waals surface area contributed by atoms with E-state index in [9.17, 15) is 0 Å². The maximum atomic E-state index is 3.88. The Hall–Kier alpha value is -0.470. The second kappa shape index (κ2) is 5.88. The number of benzene rings is 1. The first-order valence-electron chi connectivity index (χ1n) is 7.69. The van der Waals surface area contributed by atoms with Gasteiger partial charge >= 0.3 is 0 Å². The predicted molar refractivity (Wildman–Crippen MR) is 84.8 cm³/mol. The van der Waals surface area contributed by atoms with Crippen molar-refractivity contribution in [1.82, 2.24) is 5.32 Å². The van der Waals surface area contributed by atoms with E-state index in [1.54, 1.807) is 11.1 Å². The Labute approximate surface area is 121 Å². The summed E-state index contributed by atoms with van der Waals surface area (Å²) in [5.74, 6) is 0. The van der Waals surface area contributed by atoms with Gasteiger partial charge in [-0.3, -0.25) is 0 Å². The SMILES string of the molecule is CSC1(CNC2CCc3ccccc32)CCCCC1. The number of thioether (sulfide) groups is 1. The maximum Gasteiger partial charge on any atom is 0.0326 e. The molecule has 1 aromatic carbocycles. The topological polar surface area (TPSA) is 12.0 Å². The van der Waals surface area contributed by atoms with Crippen LogP contribution in [0.1, 0.15) is 55.7 Å². The highest BCUT2D eigenvalue weighted by molar-refractivity contribution is 8.00. The van der Waals surface area contributed by atoms with Crippen LogP contribution in [0.2, 0.25) is 0 Å². The Kier molecular flexibility index (Phi) is 4.18. The van der Waals surface area contributed by atoms with E-state index in [1.807, 2.05) is 0 Å². The summed E-state index contributed by atoms with van der Waals surface area (Å²) in [6, 6.07) is 9.56. The van der Waals surface area contributed by atoms with E-state index in [4.69, 9.17) is 0 Å². The minimum atomic E-state index is 0.510. The van der Waals surface area contributed by atoms with Gasteiger partial charge < -0.3 is 5.32 Å². The summed E-state index contributed by atoms with van der Waals surface area (Å²) in [6.07, 6.45) is 11.9. The molecule has 2 aliphatic rings. The Bertz CT molecular complexity index is 423. The molecule has 0 saturated heterocycles. The van der Waals surface area contributed by atoms with E-state index < -0.39 is 0 Å². The average Bonchev–Trinajstić information content (AvgIpc) is 2.89. The van der Waals surface area contributed by atoms with Crippen LogP contribution >= 0.6 is 11.8 Å². The molecule has 2 heteroatoms. The van der Waals surface area contributed by atoms with Crippen LogP contribution in [0, 0.1) is 0 Å². The molecule has 0 amide bonds. The lowest BCUT2D eigenvalue weighted by Crippen LogP contribution is -2.40. The summed E-state index contributed by atoms with van der Waals surface area (Å²) in [4.78, 5) is 0. The standard InChI is InChI=1S/C17H25NS/c1-19-17(11-5-2-6-12-17)13-18-16-10-9-14-7-3-4-8-15(14)16/h3-4,7-8,16,18H,2,5-6,9-13H2,1H3. The van der Waals surface area contributed by atoms with Gasteiger partial charge in [-0.1, -0.05) is 43.5 Å². The van der Waals surface area contributed by atoms with Crippen molar-refractivity contribution >= 4 is 11.8 Å². The molecule has 19 heavy (non-hydrogen) atoms. The van der Waals surface area contributed by atoms with E-state index >= 15 is 0 Å². The second-order valence-corrected chi connectivity index (χ2v) is 7.39. The first-order valence-corrected chi connectivity index (χ1v) is 8.92.